The molecule has 1 fully saturated rings. The highest BCUT2D eigenvalue weighted by atomic mass is 35.5. The Morgan fingerprint density at radius 3 is 2.61 bits per heavy atom. The number of carbonyl (C=O) groups excluding carboxylic acids is 1. The Balaban J connectivity index is 1.52. The van der Waals surface area contributed by atoms with Crippen molar-refractivity contribution in [3.63, 3.8) is 0 Å². The molecule has 0 saturated carbocycles. The number of benzene rings is 3. The monoisotopic (exact) mass is 468 g/mol. The maximum Gasteiger partial charge on any atom is 0.410 e. The van der Waals surface area contributed by atoms with Crippen LogP contribution in [0.25, 0.3) is 0 Å². The number of hydrogen-bond donors (Lipinski definition) is 2. The van der Waals surface area contributed by atoms with Gasteiger partial charge in [0.1, 0.15) is 12.4 Å². The summed E-state index contributed by atoms with van der Waals surface area (Å²) in [5.41, 5.74) is 2.38. The summed E-state index contributed by atoms with van der Waals surface area (Å²) in [7, 11) is 0. The average Bonchev–Trinajstić information content (AvgIpc) is 2.83. The molecule has 0 aromatic heterocycles. The van der Waals surface area contributed by atoms with Gasteiger partial charge in [0.15, 0.2) is 0 Å². The lowest BCUT2D eigenvalue weighted by atomic mass is 9.84. The van der Waals surface area contributed by atoms with E-state index in [1.807, 2.05) is 42.5 Å². The Kier molecular flexibility index (Phi) is 7.47. The van der Waals surface area contributed by atoms with E-state index in [-0.39, 0.29) is 24.4 Å². The van der Waals surface area contributed by atoms with Crippen LogP contribution in [0.5, 0.6) is 0 Å². The lowest BCUT2D eigenvalue weighted by Gasteiger charge is -2.40. The van der Waals surface area contributed by atoms with E-state index >= 15 is 0 Å². The van der Waals surface area contributed by atoms with Crippen molar-refractivity contribution in [1.82, 2.24) is 4.90 Å². The van der Waals surface area contributed by atoms with Gasteiger partial charge in [-0.3, -0.25) is 0 Å². The number of ether oxygens (including phenoxy) is 1. The predicted octanol–water partition coefficient (Wildman–Crippen LogP) is 5.65. The molecule has 3 aromatic carbocycles. The highest BCUT2D eigenvalue weighted by Gasteiger charge is 2.37. The number of likely N-dealkylation sites (tertiary alicyclic amines) is 1. The number of aliphatic hydroxyl groups excluding tert-OH is 1. The Labute approximate surface area is 197 Å². The fraction of sp³-hybridized carbons (Fsp3) is 0.269. The number of piperidine rings is 1. The molecule has 0 radical (unpaired) electrons. The van der Waals surface area contributed by atoms with Crippen LogP contribution in [-0.4, -0.2) is 35.3 Å². The second kappa shape index (κ2) is 10.7. The molecule has 1 aliphatic rings. The molecule has 172 valence electrons. The quantitative estimate of drug-likeness (QED) is 0.490. The third kappa shape index (κ3) is 6.03. The Bertz CT molecular complexity index is 1060. The average molecular weight is 469 g/mol. The van der Waals surface area contributed by atoms with Crippen LogP contribution in [-0.2, 0) is 11.3 Å². The number of halogens is 2. The van der Waals surface area contributed by atoms with Crippen LogP contribution in [0.15, 0.2) is 78.9 Å². The predicted molar refractivity (Wildman–Crippen MR) is 127 cm³/mol. The van der Waals surface area contributed by atoms with Crippen LogP contribution in [0.4, 0.5) is 14.9 Å². The van der Waals surface area contributed by atoms with Crippen molar-refractivity contribution in [2.75, 3.05) is 18.4 Å². The lowest BCUT2D eigenvalue weighted by Crippen LogP contribution is -2.49. The van der Waals surface area contributed by atoms with Crippen molar-refractivity contribution in [1.29, 1.82) is 0 Å². The van der Waals surface area contributed by atoms with Gasteiger partial charge < -0.3 is 20.1 Å². The second-order valence-corrected chi connectivity index (χ2v) is 8.63. The molecule has 1 aliphatic heterocycles. The molecule has 1 amide bonds. The van der Waals surface area contributed by atoms with Crippen molar-refractivity contribution in [3.8, 4) is 0 Å². The summed E-state index contributed by atoms with van der Waals surface area (Å²) in [5.74, 6) is -0.697. The maximum atomic E-state index is 13.8. The lowest BCUT2D eigenvalue weighted by molar-refractivity contribution is 0.0117. The van der Waals surface area contributed by atoms with Crippen LogP contribution in [0.2, 0.25) is 5.02 Å². The zero-order valence-electron chi connectivity index (χ0n) is 18.0. The second-order valence-electron chi connectivity index (χ2n) is 8.19. The molecule has 3 aromatic rings. The number of hydrogen-bond acceptors (Lipinski definition) is 4. The number of amides is 1. The van der Waals surface area contributed by atoms with Gasteiger partial charge in [-0.05, 0) is 47.9 Å². The standard InChI is InChI=1S/C26H26ClFN2O3/c27-20-11-9-19(10-12-20)25(29-22-8-4-7-21(28)15-22)23-16-30(14-13-24(23)31)26(32)33-17-18-5-2-1-3-6-18/h1-12,15,23-25,29,31H,13-14,16-17H2/t23-,24-,25-/m1/s1. The fourth-order valence-electron chi connectivity index (χ4n) is 4.14. The van der Waals surface area contributed by atoms with Gasteiger partial charge in [-0.2, -0.15) is 0 Å². The summed E-state index contributed by atoms with van der Waals surface area (Å²) < 4.78 is 19.3. The van der Waals surface area contributed by atoms with Crippen LogP contribution in [0, 0.1) is 11.7 Å². The molecular formula is C26H26ClFN2O3. The van der Waals surface area contributed by atoms with Crippen LogP contribution in [0.1, 0.15) is 23.6 Å². The molecule has 0 unspecified atom stereocenters. The molecule has 7 heteroatoms. The summed E-state index contributed by atoms with van der Waals surface area (Å²) in [6.45, 7) is 0.883. The molecule has 2 N–H and O–H groups in total. The molecule has 33 heavy (non-hydrogen) atoms. The van der Waals surface area contributed by atoms with Gasteiger partial charge in [0.2, 0.25) is 0 Å². The Hall–Kier alpha value is -3.09. The van der Waals surface area contributed by atoms with E-state index in [0.29, 0.717) is 30.2 Å². The third-order valence-corrected chi connectivity index (χ3v) is 6.14. The van der Waals surface area contributed by atoms with Crippen molar-refractivity contribution < 1.29 is 19.0 Å². The molecular weight excluding hydrogens is 443 g/mol. The van der Waals surface area contributed by atoms with Gasteiger partial charge in [-0.15, -0.1) is 0 Å². The van der Waals surface area contributed by atoms with E-state index < -0.39 is 12.2 Å². The number of nitrogens with zero attached hydrogens (tertiary/aromatic N) is 1. The van der Waals surface area contributed by atoms with Gasteiger partial charge in [-0.1, -0.05) is 60.1 Å². The van der Waals surface area contributed by atoms with Crippen LogP contribution in [0.3, 0.4) is 0 Å². The van der Waals surface area contributed by atoms with Gasteiger partial charge in [0.05, 0.1) is 12.1 Å². The molecule has 0 spiro atoms. The first-order valence-corrected chi connectivity index (χ1v) is 11.3. The van der Waals surface area contributed by atoms with Crippen molar-refractivity contribution in [2.45, 2.75) is 25.2 Å². The summed E-state index contributed by atoms with van der Waals surface area (Å²) in [5, 5.41) is 14.8. The summed E-state index contributed by atoms with van der Waals surface area (Å²) in [6.07, 6.45) is -0.652. The molecule has 0 bridgehead atoms. The highest BCUT2D eigenvalue weighted by Crippen LogP contribution is 2.34. The van der Waals surface area contributed by atoms with Gasteiger partial charge >= 0.3 is 6.09 Å². The maximum absolute atomic E-state index is 13.8. The summed E-state index contributed by atoms with van der Waals surface area (Å²) in [4.78, 5) is 14.4. The van der Waals surface area contributed by atoms with E-state index in [1.54, 1.807) is 29.2 Å². The molecule has 4 rings (SSSR count). The third-order valence-electron chi connectivity index (χ3n) is 5.89. The Morgan fingerprint density at radius 2 is 1.88 bits per heavy atom. The first kappa shape index (κ1) is 23.1. The molecule has 1 saturated heterocycles. The fourth-order valence-corrected chi connectivity index (χ4v) is 4.27. The van der Waals surface area contributed by atoms with Crippen LogP contribution < -0.4 is 5.32 Å². The minimum absolute atomic E-state index is 0.186. The van der Waals surface area contributed by atoms with Crippen LogP contribution >= 0.6 is 11.6 Å². The van der Waals surface area contributed by atoms with E-state index in [9.17, 15) is 14.3 Å². The summed E-state index contributed by atoms with van der Waals surface area (Å²) in [6, 6.07) is 22.6. The van der Waals surface area contributed by atoms with E-state index in [4.69, 9.17) is 16.3 Å². The Morgan fingerprint density at radius 1 is 1.12 bits per heavy atom. The number of aliphatic hydroxyl groups is 1. The number of rotatable bonds is 6. The van der Waals surface area contributed by atoms with Gasteiger partial charge in [0, 0.05) is 29.7 Å². The highest BCUT2D eigenvalue weighted by molar-refractivity contribution is 6.30. The first-order valence-electron chi connectivity index (χ1n) is 10.9. The zero-order valence-corrected chi connectivity index (χ0v) is 18.8. The van der Waals surface area contributed by atoms with Gasteiger partial charge in [0.25, 0.3) is 0 Å². The van der Waals surface area contributed by atoms with E-state index in [2.05, 4.69) is 5.32 Å². The minimum Gasteiger partial charge on any atom is -0.445 e. The summed E-state index contributed by atoms with van der Waals surface area (Å²) >= 11 is 6.07. The SMILES string of the molecule is O=C(OCc1ccccc1)N1CC[C@@H](O)[C@H]([C@H](Nc2cccc(F)c2)c2ccc(Cl)cc2)C1. The zero-order chi connectivity index (χ0) is 23.2. The molecule has 1 heterocycles. The van der Waals surface area contributed by atoms with Crippen molar-refractivity contribution in [3.05, 3.63) is 101 Å². The number of anilines is 1. The molecule has 0 aliphatic carbocycles. The van der Waals surface area contributed by atoms with Crippen molar-refractivity contribution >= 4 is 23.4 Å². The van der Waals surface area contributed by atoms with E-state index in [1.165, 1.54) is 12.1 Å². The smallest absolute Gasteiger partial charge is 0.410 e. The van der Waals surface area contributed by atoms with Gasteiger partial charge in [-0.25, -0.2) is 9.18 Å². The largest absolute Gasteiger partial charge is 0.445 e. The normalized spacial score (nSPS) is 19.1. The number of nitrogens with one attached hydrogen (secondary N) is 1. The first-order chi connectivity index (χ1) is 16.0. The minimum atomic E-state index is -0.648. The molecule has 3 atom stereocenters. The topological polar surface area (TPSA) is 61.8 Å². The molecule has 5 nitrogen and oxygen atoms in total. The number of carbonyl (C=O) groups is 1. The van der Waals surface area contributed by atoms with Crippen molar-refractivity contribution in [2.24, 2.45) is 5.92 Å². The van der Waals surface area contributed by atoms with E-state index in [0.717, 1.165) is 11.1 Å².